The predicted octanol–water partition coefficient (Wildman–Crippen LogP) is 3.84. The van der Waals surface area contributed by atoms with Gasteiger partial charge in [0.25, 0.3) is 5.91 Å². The minimum Gasteiger partial charge on any atom is -0.385 e. The van der Waals surface area contributed by atoms with E-state index in [4.69, 9.17) is 0 Å². The SMILES string of the molecule is CCNc1ccc(C)cc1C(=O)NCC(C)C(C)(C)C. The third kappa shape index (κ3) is 4.55. The lowest BCUT2D eigenvalue weighted by Gasteiger charge is -2.27. The molecule has 0 spiro atoms. The molecule has 1 amide bonds. The molecule has 0 aliphatic rings. The van der Waals surface area contributed by atoms with E-state index in [1.807, 2.05) is 32.0 Å². The molecule has 0 aliphatic heterocycles. The van der Waals surface area contributed by atoms with Crippen LogP contribution in [0.4, 0.5) is 5.69 Å². The molecule has 3 nitrogen and oxygen atoms in total. The van der Waals surface area contributed by atoms with Crippen molar-refractivity contribution in [1.82, 2.24) is 5.32 Å². The first-order valence-electron chi connectivity index (χ1n) is 7.38. The number of amides is 1. The van der Waals surface area contributed by atoms with Gasteiger partial charge in [-0.1, -0.05) is 39.3 Å². The van der Waals surface area contributed by atoms with Gasteiger partial charge in [-0.25, -0.2) is 0 Å². The molecule has 2 N–H and O–H groups in total. The second kappa shape index (κ2) is 6.78. The van der Waals surface area contributed by atoms with Crippen LogP contribution in [0, 0.1) is 18.3 Å². The van der Waals surface area contributed by atoms with Gasteiger partial charge in [0, 0.05) is 18.8 Å². The molecule has 3 heteroatoms. The largest absolute Gasteiger partial charge is 0.385 e. The fraction of sp³-hybridized carbons (Fsp3) is 0.588. The van der Waals surface area contributed by atoms with E-state index in [1.165, 1.54) is 0 Å². The Morgan fingerprint density at radius 1 is 1.30 bits per heavy atom. The van der Waals surface area contributed by atoms with E-state index in [-0.39, 0.29) is 11.3 Å². The summed E-state index contributed by atoms with van der Waals surface area (Å²) in [7, 11) is 0. The van der Waals surface area contributed by atoms with Gasteiger partial charge in [0.05, 0.1) is 5.56 Å². The number of carbonyl (C=O) groups is 1. The minimum atomic E-state index is 0.000694. The zero-order valence-electron chi connectivity index (χ0n) is 13.6. The van der Waals surface area contributed by atoms with Gasteiger partial charge in [-0.3, -0.25) is 4.79 Å². The van der Waals surface area contributed by atoms with Crippen molar-refractivity contribution in [1.29, 1.82) is 0 Å². The van der Waals surface area contributed by atoms with Crippen LogP contribution in [0.3, 0.4) is 0 Å². The number of rotatable bonds is 5. The number of nitrogens with one attached hydrogen (secondary N) is 2. The average molecular weight is 276 g/mol. The molecule has 0 saturated carbocycles. The molecule has 1 aromatic rings. The fourth-order valence-electron chi connectivity index (χ4n) is 1.84. The van der Waals surface area contributed by atoms with Gasteiger partial charge < -0.3 is 10.6 Å². The van der Waals surface area contributed by atoms with Crippen molar-refractivity contribution in [2.45, 2.75) is 41.5 Å². The molecule has 20 heavy (non-hydrogen) atoms. The Balaban J connectivity index is 2.79. The van der Waals surface area contributed by atoms with E-state index in [9.17, 15) is 4.79 Å². The van der Waals surface area contributed by atoms with Crippen LogP contribution in [0.5, 0.6) is 0 Å². The topological polar surface area (TPSA) is 41.1 Å². The van der Waals surface area contributed by atoms with Crippen molar-refractivity contribution < 1.29 is 4.79 Å². The normalized spacial score (nSPS) is 12.9. The van der Waals surface area contributed by atoms with E-state index in [2.05, 4.69) is 38.3 Å². The summed E-state index contributed by atoms with van der Waals surface area (Å²) in [6.45, 7) is 14.3. The molecule has 112 valence electrons. The van der Waals surface area contributed by atoms with Crippen molar-refractivity contribution >= 4 is 11.6 Å². The zero-order valence-corrected chi connectivity index (χ0v) is 13.6. The third-order valence-corrected chi connectivity index (χ3v) is 3.83. The van der Waals surface area contributed by atoms with Gasteiger partial charge in [0.2, 0.25) is 0 Å². The lowest BCUT2D eigenvalue weighted by atomic mass is 9.82. The first-order valence-corrected chi connectivity index (χ1v) is 7.38. The summed E-state index contributed by atoms with van der Waals surface area (Å²) < 4.78 is 0. The molecule has 1 atom stereocenters. The maximum Gasteiger partial charge on any atom is 0.253 e. The van der Waals surface area contributed by atoms with Gasteiger partial charge in [0.1, 0.15) is 0 Å². The van der Waals surface area contributed by atoms with Crippen LogP contribution in [0.1, 0.15) is 50.5 Å². The van der Waals surface area contributed by atoms with Gasteiger partial charge in [-0.2, -0.15) is 0 Å². The van der Waals surface area contributed by atoms with Crippen molar-refractivity contribution in [3.63, 3.8) is 0 Å². The number of aryl methyl sites for hydroxylation is 1. The Bertz CT molecular complexity index is 461. The van der Waals surface area contributed by atoms with Crippen molar-refractivity contribution in [3.8, 4) is 0 Å². The first-order chi connectivity index (χ1) is 9.25. The Morgan fingerprint density at radius 2 is 1.95 bits per heavy atom. The third-order valence-electron chi connectivity index (χ3n) is 3.83. The Kier molecular flexibility index (Phi) is 5.61. The molecule has 0 fully saturated rings. The van der Waals surface area contributed by atoms with Crippen LogP contribution in [-0.4, -0.2) is 19.0 Å². The van der Waals surface area contributed by atoms with E-state index >= 15 is 0 Å². The fourth-order valence-corrected chi connectivity index (χ4v) is 1.84. The molecule has 1 unspecified atom stereocenters. The molecule has 0 bridgehead atoms. The summed E-state index contributed by atoms with van der Waals surface area (Å²) in [4.78, 5) is 12.4. The van der Waals surface area contributed by atoms with Crippen LogP contribution in [0.25, 0.3) is 0 Å². The highest BCUT2D eigenvalue weighted by molar-refractivity contribution is 5.99. The quantitative estimate of drug-likeness (QED) is 0.858. The number of hydrogen-bond donors (Lipinski definition) is 2. The van der Waals surface area contributed by atoms with Crippen LogP contribution in [0.15, 0.2) is 18.2 Å². The van der Waals surface area contributed by atoms with Crippen LogP contribution in [-0.2, 0) is 0 Å². The highest BCUT2D eigenvalue weighted by Crippen LogP contribution is 2.24. The van der Waals surface area contributed by atoms with Gasteiger partial charge in [0.15, 0.2) is 0 Å². The standard InChI is InChI=1S/C17H28N2O/c1-7-18-15-9-8-12(2)10-14(15)16(20)19-11-13(3)17(4,5)6/h8-10,13,18H,7,11H2,1-6H3,(H,19,20). The molecule has 1 rings (SSSR count). The molecule has 0 aromatic heterocycles. The van der Waals surface area contributed by atoms with E-state index < -0.39 is 0 Å². The Hall–Kier alpha value is -1.51. The summed E-state index contributed by atoms with van der Waals surface area (Å²) in [5.74, 6) is 0.430. The monoisotopic (exact) mass is 276 g/mol. The lowest BCUT2D eigenvalue weighted by Crippen LogP contribution is -2.34. The Morgan fingerprint density at radius 3 is 2.50 bits per heavy atom. The van der Waals surface area contributed by atoms with E-state index in [0.29, 0.717) is 12.5 Å². The summed E-state index contributed by atoms with van der Waals surface area (Å²) in [6, 6.07) is 5.93. The molecule has 0 aliphatic carbocycles. The maximum atomic E-state index is 12.4. The highest BCUT2D eigenvalue weighted by atomic mass is 16.1. The Labute approximate surface area is 123 Å². The number of anilines is 1. The summed E-state index contributed by atoms with van der Waals surface area (Å²) >= 11 is 0. The highest BCUT2D eigenvalue weighted by Gasteiger charge is 2.21. The van der Waals surface area contributed by atoms with Gasteiger partial charge in [-0.15, -0.1) is 0 Å². The van der Waals surface area contributed by atoms with E-state index in [0.717, 1.165) is 23.4 Å². The number of benzene rings is 1. The molecule has 0 heterocycles. The zero-order chi connectivity index (χ0) is 15.3. The van der Waals surface area contributed by atoms with Crippen molar-refractivity contribution in [2.75, 3.05) is 18.4 Å². The predicted molar refractivity (Wildman–Crippen MR) is 86.3 cm³/mol. The second-order valence-electron chi connectivity index (χ2n) is 6.56. The van der Waals surface area contributed by atoms with Gasteiger partial charge >= 0.3 is 0 Å². The van der Waals surface area contributed by atoms with Gasteiger partial charge in [-0.05, 0) is 37.3 Å². The minimum absolute atomic E-state index is 0.000694. The molecule has 0 saturated heterocycles. The van der Waals surface area contributed by atoms with Crippen LogP contribution in [0.2, 0.25) is 0 Å². The maximum absolute atomic E-state index is 12.4. The summed E-state index contributed by atoms with van der Waals surface area (Å²) in [6.07, 6.45) is 0. The van der Waals surface area contributed by atoms with Crippen LogP contribution < -0.4 is 10.6 Å². The molecular formula is C17H28N2O. The average Bonchev–Trinajstić information content (AvgIpc) is 2.36. The number of hydrogen-bond acceptors (Lipinski definition) is 2. The lowest BCUT2D eigenvalue weighted by molar-refractivity contribution is 0.0938. The van der Waals surface area contributed by atoms with Crippen LogP contribution >= 0.6 is 0 Å². The van der Waals surface area contributed by atoms with Crippen molar-refractivity contribution in [2.24, 2.45) is 11.3 Å². The van der Waals surface area contributed by atoms with E-state index in [1.54, 1.807) is 0 Å². The van der Waals surface area contributed by atoms with Crippen molar-refractivity contribution in [3.05, 3.63) is 29.3 Å². The number of carbonyl (C=O) groups excluding carboxylic acids is 1. The second-order valence-corrected chi connectivity index (χ2v) is 6.56. The first kappa shape index (κ1) is 16.5. The summed E-state index contributed by atoms with van der Waals surface area (Å²) in [5, 5.41) is 6.29. The molecule has 0 radical (unpaired) electrons. The summed E-state index contributed by atoms with van der Waals surface area (Å²) in [5.41, 5.74) is 2.93. The molecule has 1 aromatic carbocycles. The molecular weight excluding hydrogens is 248 g/mol. The smallest absolute Gasteiger partial charge is 0.253 e.